The number of nitrogens with one attached hydrogen (secondary N) is 1. The molecule has 4 rings (SSSR count). The lowest BCUT2D eigenvalue weighted by atomic mass is 10.0. The van der Waals surface area contributed by atoms with Crippen LogP contribution in [0, 0.1) is 18.8 Å². The van der Waals surface area contributed by atoms with E-state index in [0.717, 1.165) is 37.2 Å². The summed E-state index contributed by atoms with van der Waals surface area (Å²) in [6, 6.07) is 31.1. The predicted octanol–water partition coefficient (Wildman–Crippen LogP) is 9.09. The molecule has 0 saturated heterocycles. The van der Waals surface area contributed by atoms with Gasteiger partial charge in [0.1, 0.15) is 5.75 Å². The molecule has 6 nitrogen and oxygen atoms in total. The van der Waals surface area contributed by atoms with Crippen molar-refractivity contribution in [2.24, 2.45) is 11.8 Å². The van der Waals surface area contributed by atoms with Crippen LogP contribution in [0.1, 0.15) is 78.7 Å². The summed E-state index contributed by atoms with van der Waals surface area (Å²) in [5.41, 5.74) is 8.24. The maximum absolute atomic E-state index is 13.4. The number of carboxylic acids is 1. The highest BCUT2D eigenvalue weighted by atomic mass is 16.5. The molecule has 4 aromatic rings. The lowest BCUT2D eigenvalue weighted by Crippen LogP contribution is -2.23. The Morgan fingerprint density at radius 1 is 0.761 bits per heavy atom. The van der Waals surface area contributed by atoms with E-state index in [1.165, 1.54) is 22.3 Å². The van der Waals surface area contributed by atoms with Crippen molar-refractivity contribution in [1.29, 1.82) is 0 Å². The van der Waals surface area contributed by atoms with Crippen LogP contribution in [-0.4, -0.2) is 23.6 Å². The first-order valence-corrected chi connectivity index (χ1v) is 16.3. The summed E-state index contributed by atoms with van der Waals surface area (Å²) in [5.74, 6) is 0.662. The van der Waals surface area contributed by atoms with E-state index in [9.17, 15) is 9.59 Å². The van der Waals surface area contributed by atoms with E-state index in [2.05, 4.69) is 92.5 Å². The summed E-state index contributed by atoms with van der Waals surface area (Å²) < 4.78 is 5.79. The van der Waals surface area contributed by atoms with Crippen LogP contribution in [0.15, 0.2) is 91.0 Å². The molecule has 1 amide bonds. The van der Waals surface area contributed by atoms with E-state index in [1.807, 2.05) is 31.2 Å². The molecule has 0 radical (unpaired) electrons. The number of para-hydroxylation sites is 2. The van der Waals surface area contributed by atoms with Crippen LogP contribution in [0.2, 0.25) is 0 Å². The average Bonchev–Trinajstić information content (AvgIpc) is 3.01. The lowest BCUT2D eigenvalue weighted by molar-refractivity contribution is -0.137. The number of amides is 1. The van der Waals surface area contributed by atoms with Gasteiger partial charge in [-0.15, -0.1) is 0 Å². The average molecular weight is 621 g/mol. The van der Waals surface area contributed by atoms with Crippen molar-refractivity contribution in [1.82, 2.24) is 0 Å². The number of hydrogen-bond acceptors (Lipinski definition) is 4. The Labute approximate surface area is 274 Å². The normalized spacial score (nSPS) is 11.1. The highest BCUT2D eigenvalue weighted by molar-refractivity contribution is 6.06. The number of aryl methyl sites for hydroxylation is 1. The third-order valence-electron chi connectivity index (χ3n) is 7.83. The van der Waals surface area contributed by atoms with E-state index in [-0.39, 0.29) is 18.9 Å². The van der Waals surface area contributed by atoms with Gasteiger partial charge in [-0.25, -0.2) is 0 Å². The van der Waals surface area contributed by atoms with Gasteiger partial charge in [0.05, 0.1) is 12.3 Å². The molecular weight excluding hydrogens is 572 g/mol. The maximum atomic E-state index is 13.4. The van der Waals surface area contributed by atoms with Crippen molar-refractivity contribution in [3.8, 4) is 5.75 Å². The molecule has 0 aromatic heterocycles. The Morgan fingerprint density at radius 3 is 1.83 bits per heavy atom. The monoisotopic (exact) mass is 620 g/mol. The van der Waals surface area contributed by atoms with E-state index in [0.29, 0.717) is 35.3 Å². The minimum atomic E-state index is -0.859. The van der Waals surface area contributed by atoms with Gasteiger partial charge < -0.3 is 20.1 Å². The lowest BCUT2D eigenvalue weighted by Gasteiger charge is -2.26. The maximum Gasteiger partial charge on any atom is 0.303 e. The number of rotatable bonds is 16. The fourth-order valence-corrected chi connectivity index (χ4v) is 5.57. The van der Waals surface area contributed by atoms with E-state index in [4.69, 9.17) is 9.84 Å². The Bertz CT molecular complexity index is 1520. The summed E-state index contributed by atoms with van der Waals surface area (Å²) in [5, 5.41) is 11.9. The van der Waals surface area contributed by atoms with E-state index < -0.39 is 5.97 Å². The van der Waals surface area contributed by atoms with Gasteiger partial charge in [0.15, 0.2) is 0 Å². The number of nitrogens with zero attached hydrogens (tertiary/aromatic N) is 1. The van der Waals surface area contributed by atoms with Gasteiger partial charge in [0, 0.05) is 30.8 Å². The Morgan fingerprint density at radius 2 is 1.30 bits per heavy atom. The van der Waals surface area contributed by atoms with Crippen LogP contribution in [0.4, 0.5) is 11.4 Å². The summed E-state index contributed by atoms with van der Waals surface area (Å²) in [4.78, 5) is 26.6. The van der Waals surface area contributed by atoms with Gasteiger partial charge in [-0.3, -0.25) is 9.59 Å². The van der Waals surface area contributed by atoms with E-state index >= 15 is 0 Å². The number of ether oxygens (including phenoxy) is 1. The third-order valence-corrected chi connectivity index (χ3v) is 7.83. The highest BCUT2D eigenvalue weighted by Gasteiger charge is 2.16. The molecule has 0 aliphatic heterocycles. The highest BCUT2D eigenvalue weighted by Crippen LogP contribution is 2.28. The number of benzene rings is 4. The molecule has 46 heavy (non-hydrogen) atoms. The van der Waals surface area contributed by atoms with Crippen LogP contribution < -0.4 is 15.0 Å². The second-order valence-corrected chi connectivity index (χ2v) is 13.0. The first-order chi connectivity index (χ1) is 22.1. The third kappa shape index (κ3) is 10.5. The van der Waals surface area contributed by atoms with Gasteiger partial charge in [-0.1, -0.05) is 88.4 Å². The molecule has 0 heterocycles. The number of carbonyl (C=O) groups is 2. The van der Waals surface area contributed by atoms with Crippen LogP contribution >= 0.6 is 0 Å². The molecule has 0 aliphatic carbocycles. The first-order valence-electron chi connectivity index (χ1n) is 16.3. The summed E-state index contributed by atoms with van der Waals surface area (Å²) in [7, 11) is 0. The predicted molar refractivity (Wildman–Crippen MR) is 188 cm³/mol. The van der Waals surface area contributed by atoms with Gasteiger partial charge in [0.25, 0.3) is 5.91 Å². The van der Waals surface area contributed by atoms with E-state index in [1.54, 1.807) is 12.1 Å². The molecule has 0 saturated carbocycles. The number of carbonyl (C=O) groups excluding carboxylic acids is 1. The molecule has 4 aromatic carbocycles. The second kappa shape index (κ2) is 16.6. The van der Waals surface area contributed by atoms with Crippen molar-refractivity contribution in [2.45, 2.75) is 73.4 Å². The van der Waals surface area contributed by atoms with Crippen LogP contribution in [0.3, 0.4) is 0 Å². The number of anilines is 2. The van der Waals surface area contributed by atoms with Crippen molar-refractivity contribution < 1.29 is 19.4 Å². The fourth-order valence-electron chi connectivity index (χ4n) is 5.57. The van der Waals surface area contributed by atoms with Gasteiger partial charge >= 0.3 is 5.97 Å². The Kier molecular flexibility index (Phi) is 12.4. The molecular formula is C40H48N2O4. The van der Waals surface area contributed by atoms with Crippen molar-refractivity contribution in [2.75, 3.05) is 16.8 Å². The van der Waals surface area contributed by atoms with Crippen LogP contribution in [-0.2, 0) is 30.7 Å². The molecule has 0 bridgehead atoms. The molecule has 0 unspecified atom stereocenters. The standard InChI is InChI=1S/C40H48N2O4/c1-28(2)23-31-12-16-33(17-13-31)26-42(27-34-18-14-32(15-19-34)24-29(3)4)35-20-21-36(30(5)25-35)40(45)41-37-9-6-7-10-38(37)46-22-8-11-39(43)44/h6-7,9-10,12-21,25,28-29H,8,11,22-24,26-27H2,1-5H3,(H,41,45)(H,43,44). The largest absolute Gasteiger partial charge is 0.491 e. The number of carboxylic acid groups (broad SMARTS) is 1. The molecule has 0 fully saturated rings. The quantitative estimate of drug-likeness (QED) is 0.122. The smallest absolute Gasteiger partial charge is 0.303 e. The fraction of sp³-hybridized carbons (Fsp3) is 0.350. The van der Waals surface area contributed by atoms with Gasteiger partial charge in [0.2, 0.25) is 0 Å². The zero-order valence-electron chi connectivity index (χ0n) is 27.9. The molecule has 0 atom stereocenters. The first kappa shape index (κ1) is 34.3. The van der Waals surface area contributed by atoms with Gasteiger partial charge in [-0.2, -0.15) is 0 Å². The molecule has 6 heteroatoms. The second-order valence-electron chi connectivity index (χ2n) is 13.0. The molecule has 0 spiro atoms. The SMILES string of the molecule is Cc1cc(N(Cc2ccc(CC(C)C)cc2)Cc2ccc(CC(C)C)cc2)ccc1C(=O)Nc1ccccc1OCCCC(=O)O. The minimum absolute atomic E-state index is 0.0317. The van der Waals surface area contributed by atoms with Crippen LogP contribution in [0.5, 0.6) is 5.75 Å². The Hall–Kier alpha value is -4.58. The van der Waals surface area contributed by atoms with Crippen molar-refractivity contribution in [3.63, 3.8) is 0 Å². The topological polar surface area (TPSA) is 78.9 Å². The summed E-state index contributed by atoms with van der Waals surface area (Å²) >= 11 is 0. The molecule has 0 aliphatic rings. The molecule has 242 valence electrons. The van der Waals surface area contributed by atoms with Gasteiger partial charge in [-0.05, 0) is 96.2 Å². The van der Waals surface area contributed by atoms with Crippen molar-refractivity contribution in [3.05, 3.63) is 124 Å². The zero-order chi connectivity index (χ0) is 33.1. The zero-order valence-corrected chi connectivity index (χ0v) is 27.9. The molecule has 2 N–H and O–H groups in total. The van der Waals surface area contributed by atoms with Crippen LogP contribution in [0.25, 0.3) is 0 Å². The number of hydrogen-bond donors (Lipinski definition) is 2. The number of aliphatic carboxylic acids is 1. The summed E-state index contributed by atoms with van der Waals surface area (Å²) in [6.07, 6.45) is 2.55. The Balaban J connectivity index is 1.53. The minimum Gasteiger partial charge on any atom is -0.491 e. The van der Waals surface area contributed by atoms with Crippen molar-refractivity contribution >= 4 is 23.3 Å². The summed E-state index contributed by atoms with van der Waals surface area (Å²) in [6.45, 7) is 12.7.